The van der Waals surface area contributed by atoms with E-state index in [-0.39, 0.29) is 0 Å². The number of rotatable bonds is 3. The molecule has 302 valence electrons. The molecule has 65 heavy (non-hydrogen) atoms. The lowest BCUT2D eigenvalue weighted by Gasteiger charge is -2.39. The quantitative estimate of drug-likeness (QED) is 0.178. The lowest BCUT2D eigenvalue weighted by atomic mass is 9.66. The van der Waals surface area contributed by atoms with Crippen LogP contribution < -0.4 is 4.74 Å². The number of nitrogens with zero attached hydrogens (tertiary/aromatic N) is 6. The number of para-hydroxylation sites is 6. The van der Waals surface area contributed by atoms with Gasteiger partial charge in [0.25, 0.3) is 0 Å². The maximum absolute atomic E-state index is 7.00. The molecule has 0 bridgehead atoms. The monoisotopic (exact) mass is 830 g/mol. The Morgan fingerprint density at radius 3 is 1.28 bits per heavy atom. The third kappa shape index (κ3) is 4.46. The standard InChI is InChI=1S/C58H34N6O/c1-8-20-49-38(13-1)39-14-2-9-21-50(39)63(49)36-30-46-56(60-32-36)57-47(31-37(33-61-57)64-51-22-10-3-15-40(51)41-16-4-11-23-52(41)64)58(46)44-18-6-12-24-54(44)65-55-26-25-35(29-45(55)58)62-48-19-7-5-17-42(48)43-27-28-59-34-53(43)62/h1-34H. The molecule has 7 heteroatoms. The summed E-state index contributed by atoms with van der Waals surface area (Å²) in [6.45, 7) is 0. The molecule has 15 rings (SSSR count). The van der Waals surface area contributed by atoms with Gasteiger partial charge in [-0.15, -0.1) is 0 Å². The Morgan fingerprint density at radius 2 is 0.754 bits per heavy atom. The number of benzene rings is 7. The summed E-state index contributed by atoms with van der Waals surface area (Å²) in [5, 5.41) is 7.13. The van der Waals surface area contributed by atoms with Crippen LogP contribution in [0.3, 0.4) is 0 Å². The van der Waals surface area contributed by atoms with Crippen molar-refractivity contribution in [1.29, 1.82) is 0 Å². The van der Waals surface area contributed by atoms with Crippen LogP contribution in [0.15, 0.2) is 207 Å². The highest BCUT2D eigenvalue weighted by Crippen LogP contribution is 2.62. The van der Waals surface area contributed by atoms with Gasteiger partial charge in [0, 0.05) is 66.5 Å². The number of fused-ring (bicyclic) bond motifs is 18. The van der Waals surface area contributed by atoms with Crippen LogP contribution >= 0.6 is 0 Å². The van der Waals surface area contributed by atoms with Gasteiger partial charge >= 0.3 is 0 Å². The molecule has 0 N–H and O–H groups in total. The first-order valence-corrected chi connectivity index (χ1v) is 22.0. The van der Waals surface area contributed by atoms with E-state index in [0.29, 0.717) is 0 Å². The van der Waals surface area contributed by atoms with Gasteiger partial charge in [-0.25, -0.2) is 0 Å². The Balaban J connectivity index is 1.08. The van der Waals surface area contributed by atoms with E-state index in [1.54, 1.807) is 0 Å². The van der Waals surface area contributed by atoms with E-state index < -0.39 is 5.41 Å². The second-order valence-corrected chi connectivity index (χ2v) is 17.2. The minimum absolute atomic E-state index is 0.787. The second-order valence-electron chi connectivity index (χ2n) is 17.2. The summed E-state index contributed by atoms with van der Waals surface area (Å²) in [5.41, 5.74) is 14.6. The summed E-state index contributed by atoms with van der Waals surface area (Å²) >= 11 is 0. The van der Waals surface area contributed by atoms with Gasteiger partial charge in [-0.05, 0) is 72.8 Å². The molecular weight excluding hydrogens is 797 g/mol. The zero-order valence-corrected chi connectivity index (χ0v) is 34.7. The van der Waals surface area contributed by atoms with E-state index >= 15 is 0 Å². The van der Waals surface area contributed by atoms with Crippen LogP contribution in [0.5, 0.6) is 11.5 Å². The first-order valence-electron chi connectivity index (χ1n) is 22.0. The van der Waals surface area contributed by atoms with Crippen molar-refractivity contribution >= 4 is 65.4 Å². The zero-order valence-electron chi connectivity index (χ0n) is 34.7. The summed E-state index contributed by atoms with van der Waals surface area (Å²) in [5.74, 6) is 1.59. The molecule has 0 saturated heterocycles. The van der Waals surface area contributed by atoms with Crippen LogP contribution in [-0.4, -0.2) is 28.7 Å². The van der Waals surface area contributed by atoms with Crippen molar-refractivity contribution in [2.75, 3.05) is 0 Å². The van der Waals surface area contributed by atoms with Gasteiger partial charge < -0.3 is 18.4 Å². The molecule has 7 aromatic carbocycles. The van der Waals surface area contributed by atoms with Crippen LogP contribution in [0.1, 0.15) is 22.3 Å². The maximum atomic E-state index is 7.00. The van der Waals surface area contributed by atoms with Crippen molar-refractivity contribution in [3.8, 4) is 39.9 Å². The topological polar surface area (TPSA) is 62.7 Å². The summed E-state index contributed by atoms with van der Waals surface area (Å²) in [4.78, 5) is 15.6. The van der Waals surface area contributed by atoms with Crippen molar-refractivity contribution < 1.29 is 4.74 Å². The molecular formula is C58H34N6O. The number of hydrogen-bond donors (Lipinski definition) is 0. The molecule has 7 nitrogen and oxygen atoms in total. The van der Waals surface area contributed by atoms with Crippen molar-refractivity contribution in [1.82, 2.24) is 28.7 Å². The van der Waals surface area contributed by atoms with Crippen molar-refractivity contribution in [2.24, 2.45) is 0 Å². The minimum Gasteiger partial charge on any atom is -0.457 e. The van der Waals surface area contributed by atoms with Crippen molar-refractivity contribution in [3.63, 3.8) is 0 Å². The molecule has 6 aromatic heterocycles. The normalized spacial score (nSPS) is 13.5. The smallest absolute Gasteiger partial charge is 0.132 e. The third-order valence-corrected chi connectivity index (χ3v) is 14.1. The molecule has 1 aliphatic carbocycles. The molecule has 0 saturated carbocycles. The van der Waals surface area contributed by atoms with Crippen LogP contribution in [0.25, 0.3) is 93.9 Å². The number of ether oxygens (including phenoxy) is 1. The van der Waals surface area contributed by atoms with E-state index in [1.165, 1.54) is 26.9 Å². The van der Waals surface area contributed by atoms with Gasteiger partial charge in [-0.1, -0.05) is 109 Å². The predicted octanol–water partition coefficient (Wildman–Crippen LogP) is 13.6. The lowest BCUT2D eigenvalue weighted by molar-refractivity contribution is 0.436. The summed E-state index contributed by atoms with van der Waals surface area (Å²) < 4.78 is 14.1. The molecule has 13 aromatic rings. The summed E-state index contributed by atoms with van der Waals surface area (Å²) in [7, 11) is 0. The third-order valence-electron chi connectivity index (χ3n) is 14.1. The van der Waals surface area contributed by atoms with Gasteiger partial charge in [-0.2, -0.15) is 0 Å². The molecule has 7 heterocycles. The van der Waals surface area contributed by atoms with Crippen LogP contribution in [0.4, 0.5) is 0 Å². The molecule has 0 fully saturated rings. The van der Waals surface area contributed by atoms with Crippen molar-refractivity contribution in [3.05, 3.63) is 229 Å². The molecule has 1 aliphatic heterocycles. The second kappa shape index (κ2) is 12.6. The molecule has 0 radical (unpaired) electrons. The first kappa shape index (κ1) is 34.7. The van der Waals surface area contributed by atoms with Gasteiger partial charge in [0.1, 0.15) is 11.5 Å². The minimum atomic E-state index is -0.897. The Labute approximate surface area is 371 Å². The van der Waals surface area contributed by atoms with E-state index in [2.05, 4.69) is 201 Å². The molecule has 0 unspecified atom stereocenters. The molecule has 0 amide bonds. The van der Waals surface area contributed by atoms with E-state index in [1.807, 2.05) is 24.8 Å². The molecule has 1 spiro atoms. The van der Waals surface area contributed by atoms with Crippen molar-refractivity contribution in [2.45, 2.75) is 5.41 Å². The number of hydrogen-bond acceptors (Lipinski definition) is 4. The Bertz CT molecular complexity index is 3870. The lowest BCUT2D eigenvalue weighted by Crippen LogP contribution is -2.32. The first-order chi connectivity index (χ1) is 32.3. The highest BCUT2D eigenvalue weighted by atomic mass is 16.5. The Hall–Kier alpha value is -8.81. The predicted molar refractivity (Wildman–Crippen MR) is 260 cm³/mol. The average Bonchev–Trinajstić information content (AvgIpc) is 4.08. The summed E-state index contributed by atoms with van der Waals surface area (Å²) in [6, 6.07) is 65.2. The highest BCUT2D eigenvalue weighted by molar-refractivity contribution is 6.11. The van der Waals surface area contributed by atoms with Crippen LogP contribution in [-0.2, 0) is 5.41 Å². The number of pyridine rings is 3. The van der Waals surface area contributed by atoms with E-state index in [4.69, 9.17) is 14.7 Å². The zero-order chi connectivity index (χ0) is 42.4. The fourth-order valence-electron chi connectivity index (χ4n) is 11.5. The van der Waals surface area contributed by atoms with E-state index in [9.17, 15) is 0 Å². The van der Waals surface area contributed by atoms with Crippen LogP contribution in [0, 0.1) is 0 Å². The maximum Gasteiger partial charge on any atom is 0.132 e. The molecule has 2 aliphatic rings. The van der Waals surface area contributed by atoms with Gasteiger partial charge in [0.05, 0.1) is 79.9 Å². The van der Waals surface area contributed by atoms with E-state index in [0.717, 1.165) is 101 Å². The largest absolute Gasteiger partial charge is 0.457 e. The fourth-order valence-corrected chi connectivity index (χ4v) is 11.5. The fraction of sp³-hybridized carbons (Fsp3) is 0.0172. The molecule has 0 atom stereocenters. The van der Waals surface area contributed by atoms with Crippen LogP contribution in [0.2, 0.25) is 0 Å². The van der Waals surface area contributed by atoms with Gasteiger partial charge in [0.15, 0.2) is 0 Å². The Morgan fingerprint density at radius 1 is 0.338 bits per heavy atom. The van der Waals surface area contributed by atoms with Gasteiger partial charge in [-0.3, -0.25) is 15.0 Å². The van der Waals surface area contributed by atoms with Gasteiger partial charge in [0.2, 0.25) is 0 Å². The number of aromatic nitrogens is 6. The highest BCUT2D eigenvalue weighted by Gasteiger charge is 2.53. The Kier molecular flexibility index (Phi) is 6.76. The SMILES string of the molecule is c1ccc2c(c1)Oc1ccc(-n3c4ccccc4c4ccncc43)cc1C21c2cc(-n3c4ccccc4c4ccccc43)cnc2-c2ncc(-n3c4ccccc4c4ccccc43)cc21. The summed E-state index contributed by atoms with van der Waals surface area (Å²) in [6.07, 6.45) is 7.90. The average molecular weight is 831 g/mol.